The number of fused-ring (bicyclic) bond motifs is 1. The number of carboxylic acid groups (broad SMARTS) is 1. The summed E-state index contributed by atoms with van der Waals surface area (Å²) in [5, 5.41) is 13.3. The van der Waals surface area contributed by atoms with Gasteiger partial charge in [0.1, 0.15) is 5.75 Å². The van der Waals surface area contributed by atoms with Gasteiger partial charge in [0.2, 0.25) is 5.82 Å². The average molecular weight is 480 g/mol. The molecule has 2 aromatic carbocycles. The first-order chi connectivity index (χ1) is 15.6. The molecule has 4 rings (SSSR count). The molecule has 2 heterocycles. The Morgan fingerprint density at radius 3 is 2.58 bits per heavy atom. The summed E-state index contributed by atoms with van der Waals surface area (Å²) < 4.78 is 52.9. The number of aromatic nitrogens is 3. The van der Waals surface area contributed by atoms with Crippen molar-refractivity contribution in [2.75, 3.05) is 0 Å². The number of carbonyl (C=O) groups is 1. The van der Waals surface area contributed by atoms with Crippen LogP contribution in [0.15, 0.2) is 53.2 Å². The molecule has 172 valence electrons. The van der Waals surface area contributed by atoms with Crippen molar-refractivity contribution < 1.29 is 32.3 Å². The van der Waals surface area contributed by atoms with Crippen LogP contribution < -0.4 is 4.74 Å². The molecule has 0 radical (unpaired) electrons. The van der Waals surface area contributed by atoms with Crippen LogP contribution in [0.4, 0.5) is 13.2 Å². The highest BCUT2D eigenvalue weighted by Gasteiger charge is 2.50. The van der Waals surface area contributed by atoms with E-state index in [4.69, 9.17) is 26.0 Å². The molecule has 4 aromatic rings. The summed E-state index contributed by atoms with van der Waals surface area (Å²) in [4.78, 5) is 15.0. The van der Waals surface area contributed by atoms with E-state index in [9.17, 15) is 18.0 Å². The second kappa shape index (κ2) is 8.43. The molecule has 0 amide bonds. The second-order valence-electron chi connectivity index (χ2n) is 7.50. The molecule has 0 bridgehead atoms. The van der Waals surface area contributed by atoms with Crippen LogP contribution in [0.2, 0.25) is 5.02 Å². The lowest BCUT2D eigenvalue weighted by molar-refractivity contribution is -0.181. The molecule has 7 nitrogen and oxygen atoms in total. The number of nitrogens with zero attached hydrogens (tertiary/aromatic N) is 3. The fourth-order valence-corrected chi connectivity index (χ4v) is 3.44. The maximum absolute atomic E-state index is 14.2. The first kappa shape index (κ1) is 22.7. The molecule has 2 aromatic heterocycles. The van der Waals surface area contributed by atoms with Gasteiger partial charge in [-0.1, -0.05) is 16.8 Å². The summed E-state index contributed by atoms with van der Waals surface area (Å²) in [5.74, 6) is -6.19. The Bertz CT molecular complexity index is 1340. The molecule has 0 aliphatic heterocycles. The highest BCUT2D eigenvalue weighted by atomic mass is 35.5. The monoisotopic (exact) mass is 479 g/mol. The molecule has 1 unspecified atom stereocenters. The number of hydrogen-bond acceptors (Lipinski definition) is 5. The van der Waals surface area contributed by atoms with Gasteiger partial charge >= 0.3 is 11.9 Å². The molecular weight excluding hydrogens is 463 g/mol. The maximum Gasteiger partial charge on any atom is 0.391 e. The van der Waals surface area contributed by atoms with Gasteiger partial charge in [0, 0.05) is 22.7 Å². The SMILES string of the molecule is CC(C)Oc1ccc(-c2nc(-c3ccc4c(ccn4C(F)C(F)(F)C(=O)O)c3)no2)cc1Cl. The minimum atomic E-state index is -4.58. The molecule has 0 aliphatic rings. The van der Waals surface area contributed by atoms with Crippen molar-refractivity contribution >= 4 is 28.5 Å². The van der Waals surface area contributed by atoms with Crippen LogP contribution in [-0.4, -0.2) is 37.8 Å². The number of benzene rings is 2. The number of carboxylic acids is 1. The van der Waals surface area contributed by atoms with Crippen LogP contribution in [0.3, 0.4) is 0 Å². The summed E-state index contributed by atoms with van der Waals surface area (Å²) in [7, 11) is 0. The number of halogens is 4. The summed E-state index contributed by atoms with van der Waals surface area (Å²) in [6, 6.07) is 10.8. The highest BCUT2D eigenvalue weighted by molar-refractivity contribution is 6.32. The van der Waals surface area contributed by atoms with E-state index in [2.05, 4.69) is 10.1 Å². The van der Waals surface area contributed by atoms with Crippen molar-refractivity contribution in [2.24, 2.45) is 0 Å². The molecule has 1 N–H and O–H groups in total. The van der Waals surface area contributed by atoms with Crippen molar-refractivity contribution in [3.8, 4) is 28.6 Å². The fraction of sp³-hybridized carbons (Fsp3) is 0.227. The van der Waals surface area contributed by atoms with E-state index in [-0.39, 0.29) is 23.3 Å². The van der Waals surface area contributed by atoms with Crippen LogP contribution in [0.25, 0.3) is 33.7 Å². The quantitative estimate of drug-likeness (QED) is 0.350. The van der Waals surface area contributed by atoms with Gasteiger partial charge in [-0.3, -0.25) is 0 Å². The predicted molar refractivity (Wildman–Crippen MR) is 114 cm³/mol. The van der Waals surface area contributed by atoms with Crippen molar-refractivity contribution in [3.05, 3.63) is 53.7 Å². The highest BCUT2D eigenvalue weighted by Crippen LogP contribution is 2.35. The third kappa shape index (κ3) is 4.25. The molecule has 1 atom stereocenters. The van der Waals surface area contributed by atoms with E-state index in [1.807, 2.05) is 13.8 Å². The lowest BCUT2D eigenvalue weighted by atomic mass is 10.1. The summed E-state index contributed by atoms with van der Waals surface area (Å²) >= 11 is 6.25. The Morgan fingerprint density at radius 1 is 1.18 bits per heavy atom. The lowest BCUT2D eigenvalue weighted by Gasteiger charge is -2.18. The van der Waals surface area contributed by atoms with Crippen LogP contribution in [0.5, 0.6) is 5.75 Å². The van der Waals surface area contributed by atoms with Gasteiger partial charge in [0.25, 0.3) is 12.2 Å². The maximum atomic E-state index is 14.2. The zero-order valence-electron chi connectivity index (χ0n) is 17.3. The first-order valence-electron chi connectivity index (χ1n) is 9.74. The van der Waals surface area contributed by atoms with Crippen LogP contribution >= 0.6 is 11.6 Å². The Labute approximate surface area is 190 Å². The molecule has 0 fully saturated rings. The van der Waals surface area contributed by atoms with Crippen molar-refractivity contribution in [3.63, 3.8) is 0 Å². The van der Waals surface area contributed by atoms with E-state index in [0.29, 0.717) is 31.9 Å². The van der Waals surface area contributed by atoms with Crippen molar-refractivity contribution in [2.45, 2.75) is 32.2 Å². The van der Waals surface area contributed by atoms with Crippen molar-refractivity contribution in [1.29, 1.82) is 0 Å². The summed E-state index contributed by atoms with van der Waals surface area (Å²) in [6.45, 7) is 3.76. The second-order valence-corrected chi connectivity index (χ2v) is 7.90. The van der Waals surface area contributed by atoms with Crippen LogP contribution in [-0.2, 0) is 4.79 Å². The number of hydrogen-bond donors (Lipinski definition) is 1. The minimum Gasteiger partial charge on any atom is -0.489 e. The average Bonchev–Trinajstić information content (AvgIpc) is 3.41. The molecular formula is C22H17ClF3N3O4. The zero-order valence-corrected chi connectivity index (χ0v) is 18.1. The standard InChI is InChI=1S/C22H17ClF3N3O4/c1-11(2)32-17-6-4-14(10-15(17)23)19-27-18(28-33-19)13-3-5-16-12(9-13)7-8-29(16)20(24)22(25,26)21(30)31/h3-11,20H,1-2H3,(H,30,31). The summed E-state index contributed by atoms with van der Waals surface area (Å²) in [5.41, 5.74) is 1.14. The zero-order chi connectivity index (χ0) is 23.9. The van der Waals surface area contributed by atoms with E-state index in [0.717, 1.165) is 6.20 Å². The van der Waals surface area contributed by atoms with E-state index in [1.54, 1.807) is 24.3 Å². The predicted octanol–water partition coefficient (Wildman–Crippen LogP) is 5.99. The van der Waals surface area contributed by atoms with E-state index < -0.39 is 18.2 Å². The summed E-state index contributed by atoms with van der Waals surface area (Å²) in [6.07, 6.45) is -2.06. The molecule has 33 heavy (non-hydrogen) atoms. The molecule has 0 saturated carbocycles. The van der Waals surface area contributed by atoms with Crippen molar-refractivity contribution in [1.82, 2.24) is 14.7 Å². The molecule has 0 saturated heterocycles. The molecule has 11 heteroatoms. The number of rotatable bonds is 7. The topological polar surface area (TPSA) is 90.4 Å². The number of alkyl halides is 3. The first-order valence-corrected chi connectivity index (χ1v) is 10.1. The normalized spacial score (nSPS) is 12.9. The third-order valence-electron chi connectivity index (χ3n) is 4.77. The van der Waals surface area contributed by atoms with Gasteiger partial charge in [0.05, 0.1) is 16.6 Å². The Hall–Kier alpha value is -3.53. The van der Waals surface area contributed by atoms with Gasteiger partial charge in [-0.15, -0.1) is 0 Å². The Morgan fingerprint density at radius 2 is 1.91 bits per heavy atom. The van der Waals surface area contributed by atoms with Crippen LogP contribution in [0.1, 0.15) is 20.1 Å². The van der Waals surface area contributed by atoms with Gasteiger partial charge in [-0.05, 0) is 56.3 Å². The molecule has 0 spiro atoms. The number of aliphatic carboxylic acids is 1. The number of ether oxygens (including phenoxy) is 1. The smallest absolute Gasteiger partial charge is 0.391 e. The Balaban J connectivity index is 1.62. The lowest BCUT2D eigenvalue weighted by Crippen LogP contribution is -2.36. The van der Waals surface area contributed by atoms with Crippen LogP contribution in [0, 0.1) is 0 Å². The van der Waals surface area contributed by atoms with Gasteiger partial charge in [-0.25, -0.2) is 9.18 Å². The van der Waals surface area contributed by atoms with E-state index >= 15 is 0 Å². The molecule has 0 aliphatic carbocycles. The van der Waals surface area contributed by atoms with Gasteiger partial charge < -0.3 is 18.9 Å². The van der Waals surface area contributed by atoms with Gasteiger partial charge in [0.15, 0.2) is 0 Å². The largest absolute Gasteiger partial charge is 0.489 e. The third-order valence-corrected chi connectivity index (χ3v) is 5.07. The minimum absolute atomic E-state index is 0.0452. The fourth-order valence-electron chi connectivity index (χ4n) is 3.22. The Kier molecular flexibility index (Phi) is 5.79. The van der Waals surface area contributed by atoms with Gasteiger partial charge in [-0.2, -0.15) is 13.8 Å². The van der Waals surface area contributed by atoms with E-state index in [1.165, 1.54) is 18.2 Å².